The lowest BCUT2D eigenvalue weighted by molar-refractivity contribution is -0.122. The molecule has 20 heavy (non-hydrogen) atoms. The van der Waals surface area contributed by atoms with Crippen LogP contribution in [0.15, 0.2) is 18.2 Å². The molecule has 0 bridgehead atoms. The molecule has 0 radical (unpaired) electrons. The number of carbonyl (C=O) groups is 2. The standard InChI is InChI=1S/C13H17N3O4/c1-20-8-2-3-9(11(17)6-8)13(19)16-5-4-15-7-10(16)12(14)18/h2-3,6,10,15,17H,4-5,7H2,1H3,(H2,14,18). The van der Waals surface area contributed by atoms with Crippen molar-refractivity contribution in [2.24, 2.45) is 5.73 Å². The number of rotatable bonds is 3. The molecule has 0 aliphatic carbocycles. The Morgan fingerprint density at radius 3 is 2.85 bits per heavy atom. The average Bonchev–Trinajstić information content (AvgIpc) is 2.46. The van der Waals surface area contributed by atoms with Crippen molar-refractivity contribution in [2.45, 2.75) is 6.04 Å². The van der Waals surface area contributed by atoms with Crippen LogP contribution in [0.1, 0.15) is 10.4 Å². The zero-order chi connectivity index (χ0) is 14.7. The van der Waals surface area contributed by atoms with Crippen LogP contribution in [0.25, 0.3) is 0 Å². The molecule has 1 aromatic rings. The Morgan fingerprint density at radius 2 is 2.25 bits per heavy atom. The highest BCUT2D eigenvalue weighted by Crippen LogP contribution is 2.25. The molecule has 1 unspecified atom stereocenters. The normalized spacial score (nSPS) is 18.6. The molecule has 7 heteroatoms. The largest absolute Gasteiger partial charge is 0.507 e. The summed E-state index contributed by atoms with van der Waals surface area (Å²) in [6.07, 6.45) is 0. The minimum atomic E-state index is -0.710. The fourth-order valence-corrected chi connectivity index (χ4v) is 2.18. The van der Waals surface area contributed by atoms with Gasteiger partial charge in [0, 0.05) is 25.7 Å². The summed E-state index contributed by atoms with van der Waals surface area (Å²) in [5.74, 6) is -0.726. The topological polar surface area (TPSA) is 105 Å². The minimum Gasteiger partial charge on any atom is -0.507 e. The van der Waals surface area contributed by atoms with Gasteiger partial charge in [0.1, 0.15) is 17.5 Å². The van der Waals surface area contributed by atoms with E-state index in [9.17, 15) is 14.7 Å². The van der Waals surface area contributed by atoms with Crippen molar-refractivity contribution in [1.29, 1.82) is 0 Å². The molecule has 1 aliphatic rings. The van der Waals surface area contributed by atoms with Gasteiger partial charge in [-0.05, 0) is 12.1 Å². The summed E-state index contributed by atoms with van der Waals surface area (Å²) in [5, 5.41) is 12.9. The molecule has 1 heterocycles. The molecule has 1 aliphatic heterocycles. The number of benzene rings is 1. The second-order valence-electron chi connectivity index (χ2n) is 4.50. The fourth-order valence-electron chi connectivity index (χ4n) is 2.18. The van der Waals surface area contributed by atoms with E-state index in [0.29, 0.717) is 25.4 Å². The van der Waals surface area contributed by atoms with Crippen LogP contribution in [0.5, 0.6) is 11.5 Å². The SMILES string of the molecule is COc1ccc(C(=O)N2CCNCC2C(N)=O)c(O)c1. The highest BCUT2D eigenvalue weighted by Gasteiger charge is 2.32. The number of nitrogens with zero attached hydrogens (tertiary/aromatic N) is 1. The Morgan fingerprint density at radius 1 is 1.50 bits per heavy atom. The highest BCUT2D eigenvalue weighted by atomic mass is 16.5. The fraction of sp³-hybridized carbons (Fsp3) is 0.385. The van der Waals surface area contributed by atoms with Gasteiger partial charge in [0.25, 0.3) is 5.91 Å². The second-order valence-corrected chi connectivity index (χ2v) is 4.50. The van der Waals surface area contributed by atoms with Crippen LogP contribution in [0.4, 0.5) is 0 Å². The number of nitrogens with one attached hydrogen (secondary N) is 1. The molecule has 7 nitrogen and oxygen atoms in total. The maximum atomic E-state index is 12.4. The highest BCUT2D eigenvalue weighted by molar-refractivity contribution is 5.99. The Hall–Kier alpha value is -2.28. The predicted octanol–water partition coefficient (Wildman–Crippen LogP) is -0.700. The molecule has 1 fully saturated rings. The van der Waals surface area contributed by atoms with Crippen molar-refractivity contribution in [3.8, 4) is 11.5 Å². The number of nitrogens with two attached hydrogens (primary N) is 1. The summed E-state index contributed by atoms with van der Waals surface area (Å²) in [4.78, 5) is 25.2. The van der Waals surface area contributed by atoms with Gasteiger partial charge in [0.05, 0.1) is 12.7 Å². The van der Waals surface area contributed by atoms with Gasteiger partial charge in [0.2, 0.25) is 5.91 Å². The van der Waals surface area contributed by atoms with Crippen molar-refractivity contribution in [2.75, 3.05) is 26.7 Å². The second kappa shape index (κ2) is 5.79. The van der Waals surface area contributed by atoms with Crippen LogP contribution in [-0.2, 0) is 4.79 Å². The lowest BCUT2D eigenvalue weighted by atomic mass is 10.1. The van der Waals surface area contributed by atoms with Crippen LogP contribution in [0.3, 0.4) is 0 Å². The Balaban J connectivity index is 2.27. The van der Waals surface area contributed by atoms with Gasteiger partial charge >= 0.3 is 0 Å². The molecule has 1 aromatic carbocycles. The lowest BCUT2D eigenvalue weighted by Crippen LogP contribution is -2.58. The van der Waals surface area contributed by atoms with E-state index in [0.717, 1.165) is 0 Å². The number of hydrogen-bond donors (Lipinski definition) is 3. The summed E-state index contributed by atoms with van der Waals surface area (Å²) >= 11 is 0. The Labute approximate surface area is 116 Å². The lowest BCUT2D eigenvalue weighted by Gasteiger charge is -2.34. The van der Waals surface area contributed by atoms with Crippen LogP contribution >= 0.6 is 0 Å². The zero-order valence-electron chi connectivity index (χ0n) is 11.1. The van der Waals surface area contributed by atoms with Gasteiger partial charge in [-0.25, -0.2) is 0 Å². The maximum absolute atomic E-state index is 12.4. The number of piperazine rings is 1. The smallest absolute Gasteiger partial charge is 0.258 e. The first-order valence-electron chi connectivity index (χ1n) is 6.22. The van der Waals surface area contributed by atoms with E-state index in [1.54, 1.807) is 6.07 Å². The molecule has 0 aromatic heterocycles. The molecule has 1 atom stereocenters. The first kappa shape index (κ1) is 14.1. The van der Waals surface area contributed by atoms with Crippen LogP contribution < -0.4 is 15.8 Å². The van der Waals surface area contributed by atoms with E-state index in [4.69, 9.17) is 10.5 Å². The van der Waals surface area contributed by atoms with Crippen molar-refractivity contribution >= 4 is 11.8 Å². The first-order chi connectivity index (χ1) is 9.54. The molecule has 4 N–H and O–H groups in total. The number of aromatic hydroxyl groups is 1. The summed E-state index contributed by atoms with van der Waals surface area (Å²) in [7, 11) is 1.47. The molecule has 108 valence electrons. The van der Waals surface area contributed by atoms with E-state index in [2.05, 4.69) is 5.32 Å². The predicted molar refractivity (Wildman–Crippen MR) is 71.5 cm³/mol. The van der Waals surface area contributed by atoms with E-state index in [1.165, 1.54) is 24.1 Å². The number of carbonyl (C=O) groups excluding carboxylic acids is 2. The summed E-state index contributed by atoms with van der Waals surface area (Å²) < 4.78 is 4.97. The minimum absolute atomic E-state index is 0.124. The summed E-state index contributed by atoms with van der Waals surface area (Å²) in [6, 6.07) is 3.69. The number of phenolic OH excluding ortho intramolecular Hbond substituents is 1. The van der Waals surface area contributed by atoms with E-state index >= 15 is 0 Å². The molecular weight excluding hydrogens is 262 g/mol. The van der Waals surface area contributed by atoms with Crippen LogP contribution in [0, 0.1) is 0 Å². The monoisotopic (exact) mass is 279 g/mol. The van der Waals surface area contributed by atoms with Gasteiger partial charge in [-0.15, -0.1) is 0 Å². The third-order valence-electron chi connectivity index (χ3n) is 3.27. The van der Waals surface area contributed by atoms with Crippen molar-refractivity contribution < 1.29 is 19.4 Å². The molecule has 2 rings (SSSR count). The van der Waals surface area contributed by atoms with E-state index < -0.39 is 17.9 Å². The number of hydrogen-bond acceptors (Lipinski definition) is 5. The summed E-state index contributed by atoms with van der Waals surface area (Å²) in [5.41, 5.74) is 5.43. The number of phenols is 1. The third kappa shape index (κ3) is 2.67. The van der Waals surface area contributed by atoms with Crippen molar-refractivity contribution in [3.63, 3.8) is 0 Å². The van der Waals surface area contributed by atoms with Crippen molar-refractivity contribution in [1.82, 2.24) is 10.2 Å². The molecule has 1 saturated heterocycles. The number of ether oxygens (including phenoxy) is 1. The van der Waals surface area contributed by atoms with Crippen molar-refractivity contribution in [3.05, 3.63) is 23.8 Å². The van der Waals surface area contributed by atoms with Gasteiger partial charge in [-0.1, -0.05) is 0 Å². The average molecular weight is 279 g/mol. The first-order valence-corrected chi connectivity index (χ1v) is 6.22. The Bertz CT molecular complexity index is 532. The van der Waals surface area contributed by atoms with Crippen LogP contribution in [-0.4, -0.2) is 54.6 Å². The Kier molecular flexibility index (Phi) is 4.09. The third-order valence-corrected chi connectivity index (χ3v) is 3.27. The van der Waals surface area contributed by atoms with Gasteiger partial charge in [0.15, 0.2) is 0 Å². The van der Waals surface area contributed by atoms with Gasteiger partial charge in [-0.2, -0.15) is 0 Å². The van der Waals surface area contributed by atoms with Gasteiger partial charge in [-0.3, -0.25) is 9.59 Å². The van der Waals surface area contributed by atoms with Crippen LogP contribution in [0.2, 0.25) is 0 Å². The maximum Gasteiger partial charge on any atom is 0.258 e. The van der Waals surface area contributed by atoms with E-state index in [-0.39, 0.29) is 11.3 Å². The number of primary amides is 1. The molecule has 0 saturated carbocycles. The molecular formula is C13H17N3O4. The quantitative estimate of drug-likeness (QED) is 0.678. The van der Waals surface area contributed by atoms with Gasteiger partial charge < -0.3 is 25.8 Å². The molecule has 0 spiro atoms. The van der Waals surface area contributed by atoms with E-state index in [1.807, 2.05) is 0 Å². The zero-order valence-corrected chi connectivity index (χ0v) is 11.1. The summed E-state index contributed by atoms with van der Waals surface area (Å²) in [6.45, 7) is 1.25. The number of methoxy groups -OCH3 is 1. The molecule has 2 amide bonds. The number of amides is 2.